The lowest BCUT2D eigenvalue weighted by Gasteiger charge is -2.24. The summed E-state index contributed by atoms with van der Waals surface area (Å²) in [4.78, 5) is 17.7. The Kier molecular flexibility index (Phi) is 3.78. The second-order valence-electron chi connectivity index (χ2n) is 5.88. The molecule has 0 aliphatic heterocycles. The highest BCUT2D eigenvalue weighted by atomic mass is 16.4. The molecular weight excluding hydrogens is 264 g/mol. The number of carboxylic acid groups (broad SMARTS) is 1. The normalized spacial score (nSPS) is 15.5. The molecule has 3 rings (SSSR count). The lowest BCUT2D eigenvalue weighted by Crippen LogP contribution is -2.24. The lowest BCUT2D eigenvalue weighted by molar-refractivity contribution is 0.0691. The van der Waals surface area contributed by atoms with Crippen LogP contribution in [0.25, 0.3) is 10.9 Å². The van der Waals surface area contributed by atoms with Crippen LogP contribution in [0.5, 0.6) is 0 Å². The van der Waals surface area contributed by atoms with Gasteiger partial charge in [0.2, 0.25) is 0 Å². The molecular formula is C17H20N2O2. The highest BCUT2D eigenvalue weighted by Gasteiger charge is 2.19. The minimum absolute atomic E-state index is 0.113. The largest absolute Gasteiger partial charge is 0.477 e. The van der Waals surface area contributed by atoms with Crippen LogP contribution >= 0.6 is 0 Å². The Labute approximate surface area is 124 Å². The molecule has 0 bridgehead atoms. The van der Waals surface area contributed by atoms with Gasteiger partial charge in [0.1, 0.15) is 0 Å². The fourth-order valence-corrected chi connectivity index (χ4v) is 3.26. The maximum absolute atomic E-state index is 11.3. The molecule has 1 fully saturated rings. The summed E-state index contributed by atoms with van der Waals surface area (Å²) >= 11 is 0. The van der Waals surface area contributed by atoms with Crippen LogP contribution in [-0.2, 0) is 0 Å². The zero-order chi connectivity index (χ0) is 14.8. The van der Waals surface area contributed by atoms with Gasteiger partial charge >= 0.3 is 5.97 Å². The minimum atomic E-state index is -0.976. The third kappa shape index (κ3) is 2.84. The van der Waals surface area contributed by atoms with Gasteiger partial charge in [0.05, 0.1) is 5.52 Å². The average molecular weight is 284 g/mol. The molecule has 110 valence electrons. The van der Waals surface area contributed by atoms with E-state index in [9.17, 15) is 9.90 Å². The molecule has 0 unspecified atom stereocenters. The molecule has 2 aromatic rings. The summed E-state index contributed by atoms with van der Waals surface area (Å²) in [5, 5.41) is 10.3. The van der Waals surface area contributed by atoms with Crippen LogP contribution < -0.4 is 4.90 Å². The quantitative estimate of drug-likeness (QED) is 0.932. The predicted octanol–water partition coefficient (Wildman–Crippen LogP) is 3.56. The number of hydrogen-bond donors (Lipinski definition) is 1. The van der Waals surface area contributed by atoms with E-state index in [1.165, 1.54) is 25.7 Å². The van der Waals surface area contributed by atoms with Crippen molar-refractivity contribution in [2.24, 2.45) is 5.92 Å². The Morgan fingerprint density at radius 3 is 2.76 bits per heavy atom. The maximum atomic E-state index is 11.3. The van der Waals surface area contributed by atoms with Crippen molar-refractivity contribution in [1.29, 1.82) is 0 Å². The van der Waals surface area contributed by atoms with Crippen LogP contribution in [0.3, 0.4) is 0 Å². The molecule has 1 aromatic heterocycles. The van der Waals surface area contributed by atoms with Crippen LogP contribution in [0.4, 0.5) is 5.69 Å². The predicted molar refractivity (Wildman–Crippen MR) is 83.9 cm³/mol. The minimum Gasteiger partial charge on any atom is -0.477 e. The number of benzene rings is 1. The van der Waals surface area contributed by atoms with E-state index in [2.05, 4.69) is 9.88 Å². The summed E-state index contributed by atoms with van der Waals surface area (Å²) in [5.41, 5.74) is 1.82. The van der Waals surface area contributed by atoms with Crippen LogP contribution in [0.2, 0.25) is 0 Å². The van der Waals surface area contributed by atoms with Gasteiger partial charge in [-0.15, -0.1) is 0 Å². The number of carboxylic acids is 1. The highest BCUT2D eigenvalue weighted by molar-refractivity contribution is 5.97. The molecule has 21 heavy (non-hydrogen) atoms. The molecule has 0 amide bonds. The molecule has 4 nitrogen and oxygen atoms in total. The van der Waals surface area contributed by atoms with E-state index in [1.54, 1.807) is 6.07 Å². The Morgan fingerprint density at radius 1 is 1.33 bits per heavy atom. The van der Waals surface area contributed by atoms with Gasteiger partial charge in [0, 0.05) is 24.7 Å². The molecule has 1 aliphatic carbocycles. The number of fused-ring (bicyclic) bond motifs is 1. The van der Waals surface area contributed by atoms with Gasteiger partial charge in [-0.2, -0.15) is 0 Å². The van der Waals surface area contributed by atoms with Gasteiger partial charge in [-0.3, -0.25) is 0 Å². The van der Waals surface area contributed by atoms with Crippen LogP contribution in [-0.4, -0.2) is 29.7 Å². The molecule has 4 heteroatoms. The summed E-state index contributed by atoms with van der Waals surface area (Å²) in [6, 6.07) is 9.43. The smallest absolute Gasteiger partial charge is 0.354 e. The first kappa shape index (κ1) is 13.9. The standard InChI is InChI=1S/C17H20N2O2/c1-19(11-12-6-2-3-7-12)16-10-15(17(20)21)18-14-9-5-4-8-13(14)16/h4-5,8-10,12H,2-3,6-7,11H2,1H3,(H,20,21). The number of pyridine rings is 1. The molecule has 1 aliphatic rings. The van der Waals surface area contributed by atoms with Gasteiger partial charge in [-0.25, -0.2) is 9.78 Å². The fraction of sp³-hybridized carbons (Fsp3) is 0.412. The van der Waals surface area contributed by atoms with E-state index < -0.39 is 5.97 Å². The van der Waals surface area contributed by atoms with E-state index in [4.69, 9.17) is 0 Å². The summed E-state index contributed by atoms with van der Waals surface area (Å²) in [5.74, 6) is -0.258. The molecule has 0 saturated heterocycles. The number of aromatic carboxylic acids is 1. The Bertz CT molecular complexity index is 663. The molecule has 0 radical (unpaired) electrons. The van der Waals surface area contributed by atoms with Crippen molar-refractivity contribution in [3.63, 3.8) is 0 Å². The number of nitrogens with zero attached hydrogens (tertiary/aromatic N) is 2. The van der Waals surface area contributed by atoms with Gasteiger partial charge in [-0.1, -0.05) is 31.0 Å². The Balaban J connectivity index is 2.00. The molecule has 1 saturated carbocycles. The topological polar surface area (TPSA) is 53.4 Å². The molecule has 1 heterocycles. The van der Waals surface area contributed by atoms with Crippen LogP contribution in [0.1, 0.15) is 36.2 Å². The second kappa shape index (κ2) is 5.72. The SMILES string of the molecule is CN(CC1CCCC1)c1cc(C(=O)O)nc2ccccc12. The summed E-state index contributed by atoms with van der Waals surface area (Å²) in [7, 11) is 2.05. The van der Waals surface area contributed by atoms with E-state index in [1.807, 2.05) is 31.3 Å². The van der Waals surface area contributed by atoms with Crippen molar-refractivity contribution in [3.8, 4) is 0 Å². The first-order chi connectivity index (χ1) is 10.1. The number of rotatable bonds is 4. The number of para-hydroxylation sites is 1. The maximum Gasteiger partial charge on any atom is 0.354 e. The second-order valence-corrected chi connectivity index (χ2v) is 5.88. The Morgan fingerprint density at radius 2 is 2.05 bits per heavy atom. The zero-order valence-electron chi connectivity index (χ0n) is 12.2. The van der Waals surface area contributed by atoms with Crippen molar-refractivity contribution in [2.75, 3.05) is 18.5 Å². The van der Waals surface area contributed by atoms with E-state index >= 15 is 0 Å². The van der Waals surface area contributed by atoms with Crippen molar-refractivity contribution < 1.29 is 9.90 Å². The summed E-state index contributed by atoms with van der Waals surface area (Å²) in [6.07, 6.45) is 5.18. The van der Waals surface area contributed by atoms with Gasteiger partial charge in [0.25, 0.3) is 0 Å². The molecule has 0 atom stereocenters. The third-order valence-electron chi connectivity index (χ3n) is 4.33. The fourth-order valence-electron chi connectivity index (χ4n) is 3.26. The third-order valence-corrected chi connectivity index (χ3v) is 4.33. The number of aromatic nitrogens is 1. The monoisotopic (exact) mass is 284 g/mol. The van der Waals surface area contributed by atoms with E-state index in [0.29, 0.717) is 0 Å². The van der Waals surface area contributed by atoms with Gasteiger partial charge in [0.15, 0.2) is 5.69 Å². The van der Waals surface area contributed by atoms with E-state index in [0.717, 1.165) is 29.1 Å². The molecule has 1 N–H and O–H groups in total. The van der Waals surface area contributed by atoms with Crippen LogP contribution in [0.15, 0.2) is 30.3 Å². The first-order valence-electron chi connectivity index (χ1n) is 7.49. The lowest BCUT2D eigenvalue weighted by atomic mass is 10.1. The summed E-state index contributed by atoms with van der Waals surface area (Å²) in [6.45, 7) is 0.979. The first-order valence-corrected chi connectivity index (χ1v) is 7.49. The highest BCUT2D eigenvalue weighted by Crippen LogP contribution is 2.30. The molecule has 1 aromatic carbocycles. The van der Waals surface area contributed by atoms with Crippen molar-refractivity contribution in [1.82, 2.24) is 4.98 Å². The van der Waals surface area contributed by atoms with Gasteiger partial charge < -0.3 is 10.0 Å². The number of hydrogen-bond acceptors (Lipinski definition) is 3. The van der Waals surface area contributed by atoms with Crippen molar-refractivity contribution in [3.05, 3.63) is 36.0 Å². The van der Waals surface area contributed by atoms with Crippen molar-refractivity contribution >= 4 is 22.6 Å². The van der Waals surface area contributed by atoms with Crippen LogP contribution in [0, 0.1) is 5.92 Å². The molecule has 0 spiro atoms. The number of carbonyl (C=O) groups is 1. The number of anilines is 1. The zero-order valence-corrected chi connectivity index (χ0v) is 12.2. The van der Waals surface area contributed by atoms with Crippen molar-refractivity contribution in [2.45, 2.75) is 25.7 Å². The summed E-state index contributed by atoms with van der Waals surface area (Å²) < 4.78 is 0. The van der Waals surface area contributed by atoms with Gasteiger partial charge in [-0.05, 0) is 30.9 Å². The van der Waals surface area contributed by atoms with E-state index in [-0.39, 0.29) is 5.69 Å². The Hall–Kier alpha value is -2.10. The average Bonchev–Trinajstić information content (AvgIpc) is 2.98.